The Bertz CT molecular complexity index is 819. The van der Waals surface area contributed by atoms with Crippen LogP contribution < -0.4 is 4.90 Å². The predicted octanol–water partition coefficient (Wildman–Crippen LogP) is 0.785. The highest BCUT2D eigenvalue weighted by Gasteiger charge is 2.38. The topological polar surface area (TPSA) is 74.8 Å². The molecule has 1 aliphatic carbocycles. The van der Waals surface area contributed by atoms with Crippen LogP contribution in [0.3, 0.4) is 0 Å². The summed E-state index contributed by atoms with van der Waals surface area (Å²) in [5.74, 6) is -0.448. The zero-order chi connectivity index (χ0) is 17.6. The van der Waals surface area contributed by atoms with E-state index in [1.54, 1.807) is 9.80 Å². The Balaban J connectivity index is 1.46. The highest BCUT2D eigenvalue weighted by atomic mass is 32.2. The van der Waals surface area contributed by atoms with Crippen LogP contribution in [0.5, 0.6) is 0 Å². The summed E-state index contributed by atoms with van der Waals surface area (Å²) in [6.07, 6.45) is 3.52. The zero-order valence-electron chi connectivity index (χ0n) is 14.1. The molecular weight excluding hydrogens is 340 g/mol. The van der Waals surface area contributed by atoms with Gasteiger partial charge in [-0.1, -0.05) is 6.07 Å². The van der Waals surface area contributed by atoms with E-state index in [9.17, 15) is 18.0 Å². The zero-order valence-corrected chi connectivity index (χ0v) is 14.9. The fourth-order valence-corrected chi connectivity index (χ4v) is 5.24. The third-order valence-electron chi connectivity index (χ3n) is 5.52. The van der Waals surface area contributed by atoms with Gasteiger partial charge in [0.2, 0.25) is 11.8 Å². The van der Waals surface area contributed by atoms with Gasteiger partial charge in [0.1, 0.15) is 0 Å². The number of carbonyl (C=O) groups excluding carboxylic acids is 2. The molecular formula is C18H22N2O4S. The minimum atomic E-state index is -3.01. The van der Waals surface area contributed by atoms with Gasteiger partial charge in [0.25, 0.3) is 0 Å². The van der Waals surface area contributed by atoms with Crippen molar-refractivity contribution in [1.82, 2.24) is 4.90 Å². The molecule has 1 atom stereocenters. The quantitative estimate of drug-likeness (QED) is 0.779. The lowest BCUT2D eigenvalue weighted by Gasteiger charge is -2.29. The molecule has 2 saturated heterocycles. The molecule has 1 aromatic carbocycles. The van der Waals surface area contributed by atoms with Gasteiger partial charge < -0.3 is 9.80 Å². The van der Waals surface area contributed by atoms with E-state index in [0.717, 1.165) is 24.9 Å². The Labute approximate surface area is 147 Å². The minimum Gasteiger partial charge on any atom is -0.340 e. The number of nitrogens with zero attached hydrogens (tertiary/aromatic N) is 2. The van der Waals surface area contributed by atoms with E-state index in [1.807, 2.05) is 6.07 Å². The van der Waals surface area contributed by atoms with Crippen LogP contribution in [0.15, 0.2) is 18.2 Å². The SMILES string of the molecule is O=C(C1CC(=O)N(c2ccc3c(c2)CCC3)C1)N1CCS(=O)(=O)CC1. The monoisotopic (exact) mass is 362 g/mol. The van der Waals surface area contributed by atoms with Gasteiger partial charge in [-0.15, -0.1) is 0 Å². The van der Waals surface area contributed by atoms with Crippen LogP contribution in [0.1, 0.15) is 24.0 Å². The summed E-state index contributed by atoms with van der Waals surface area (Å²) in [6.45, 7) is 0.870. The van der Waals surface area contributed by atoms with Crippen molar-refractivity contribution in [2.24, 2.45) is 5.92 Å². The van der Waals surface area contributed by atoms with Gasteiger partial charge in [0.15, 0.2) is 9.84 Å². The van der Waals surface area contributed by atoms with Crippen LogP contribution in [0.2, 0.25) is 0 Å². The van der Waals surface area contributed by atoms with E-state index >= 15 is 0 Å². The van der Waals surface area contributed by atoms with Gasteiger partial charge >= 0.3 is 0 Å². The number of amides is 2. The molecule has 2 fully saturated rings. The van der Waals surface area contributed by atoms with Gasteiger partial charge in [0, 0.05) is 31.7 Å². The van der Waals surface area contributed by atoms with Crippen LogP contribution in [0.4, 0.5) is 5.69 Å². The first-order chi connectivity index (χ1) is 11.9. The lowest BCUT2D eigenvalue weighted by atomic mass is 10.1. The van der Waals surface area contributed by atoms with E-state index in [4.69, 9.17) is 0 Å². The van der Waals surface area contributed by atoms with Crippen molar-refractivity contribution < 1.29 is 18.0 Å². The molecule has 7 heteroatoms. The fourth-order valence-electron chi connectivity index (χ4n) is 4.04. The number of hydrogen-bond acceptors (Lipinski definition) is 4. The number of carbonyl (C=O) groups is 2. The molecule has 134 valence electrons. The van der Waals surface area contributed by atoms with Crippen molar-refractivity contribution in [1.29, 1.82) is 0 Å². The molecule has 4 rings (SSSR count). The number of fused-ring (bicyclic) bond motifs is 1. The number of hydrogen-bond donors (Lipinski definition) is 0. The number of sulfone groups is 1. The van der Waals surface area contributed by atoms with Crippen molar-refractivity contribution in [3.05, 3.63) is 29.3 Å². The molecule has 25 heavy (non-hydrogen) atoms. The van der Waals surface area contributed by atoms with Crippen molar-refractivity contribution in [2.75, 3.05) is 36.0 Å². The van der Waals surface area contributed by atoms with Crippen LogP contribution in [0.25, 0.3) is 0 Å². The van der Waals surface area contributed by atoms with Gasteiger partial charge in [-0.25, -0.2) is 8.42 Å². The number of anilines is 1. The molecule has 2 heterocycles. The fraction of sp³-hybridized carbons (Fsp3) is 0.556. The maximum Gasteiger partial charge on any atom is 0.228 e. The van der Waals surface area contributed by atoms with E-state index < -0.39 is 9.84 Å². The second-order valence-corrected chi connectivity index (χ2v) is 9.49. The molecule has 2 amide bonds. The number of aryl methyl sites for hydroxylation is 2. The van der Waals surface area contributed by atoms with Crippen LogP contribution in [0, 0.1) is 5.92 Å². The molecule has 2 aliphatic heterocycles. The van der Waals surface area contributed by atoms with Crippen molar-refractivity contribution in [2.45, 2.75) is 25.7 Å². The maximum absolute atomic E-state index is 12.7. The minimum absolute atomic E-state index is 0.0218. The second-order valence-electron chi connectivity index (χ2n) is 7.19. The number of benzene rings is 1. The summed E-state index contributed by atoms with van der Waals surface area (Å²) in [5, 5.41) is 0. The Hall–Kier alpha value is -1.89. The lowest BCUT2D eigenvalue weighted by molar-refractivity contribution is -0.135. The van der Waals surface area contributed by atoms with E-state index in [2.05, 4.69) is 12.1 Å². The molecule has 0 aromatic heterocycles. The second kappa shape index (κ2) is 6.12. The van der Waals surface area contributed by atoms with Gasteiger partial charge in [-0.2, -0.15) is 0 Å². The molecule has 0 spiro atoms. The molecule has 0 radical (unpaired) electrons. The lowest BCUT2D eigenvalue weighted by Crippen LogP contribution is -2.46. The smallest absolute Gasteiger partial charge is 0.228 e. The first-order valence-corrected chi connectivity index (χ1v) is 10.7. The van der Waals surface area contributed by atoms with Gasteiger partial charge in [-0.3, -0.25) is 9.59 Å². The van der Waals surface area contributed by atoms with Crippen molar-refractivity contribution in [3.63, 3.8) is 0 Å². The molecule has 0 bridgehead atoms. The Morgan fingerprint density at radius 2 is 1.80 bits per heavy atom. The van der Waals surface area contributed by atoms with E-state index in [0.29, 0.717) is 6.54 Å². The summed E-state index contributed by atoms with van der Waals surface area (Å²) >= 11 is 0. The third-order valence-corrected chi connectivity index (χ3v) is 7.13. The normalized spacial score (nSPS) is 25.3. The Kier molecular flexibility index (Phi) is 4.06. The van der Waals surface area contributed by atoms with Crippen molar-refractivity contribution in [3.8, 4) is 0 Å². The molecule has 3 aliphatic rings. The summed E-state index contributed by atoms with van der Waals surface area (Å²) in [5.41, 5.74) is 3.54. The summed E-state index contributed by atoms with van der Waals surface area (Å²) in [4.78, 5) is 28.4. The third kappa shape index (κ3) is 3.17. The highest BCUT2D eigenvalue weighted by molar-refractivity contribution is 7.91. The first kappa shape index (κ1) is 16.6. The Morgan fingerprint density at radius 3 is 2.56 bits per heavy atom. The molecule has 1 unspecified atom stereocenters. The summed E-state index contributed by atoms with van der Waals surface area (Å²) in [6, 6.07) is 6.15. The Morgan fingerprint density at radius 1 is 1.08 bits per heavy atom. The molecule has 1 aromatic rings. The summed E-state index contributed by atoms with van der Waals surface area (Å²) in [7, 11) is -3.01. The first-order valence-electron chi connectivity index (χ1n) is 8.84. The average Bonchev–Trinajstić information content (AvgIpc) is 3.19. The average molecular weight is 362 g/mol. The largest absolute Gasteiger partial charge is 0.340 e. The summed E-state index contributed by atoms with van der Waals surface area (Å²) < 4.78 is 23.0. The standard InChI is InChI=1S/C18H22N2O4S/c21-17-11-15(18(22)19-6-8-25(23,24)9-7-19)12-20(17)16-5-4-13-2-1-3-14(13)10-16/h4-5,10,15H,1-3,6-9,11-12H2. The molecule has 0 N–H and O–H groups in total. The van der Waals surface area contributed by atoms with Crippen LogP contribution in [-0.4, -0.2) is 56.3 Å². The van der Waals surface area contributed by atoms with Gasteiger partial charge in [0.05, 0.1) is 17.4 Å². The van der Waals surface area contributed by atoms with E-state index in [-0.39, 0.29) is 48.7 Å². The number of rotatable bonds is 2. The van der Waals surface area contributed by atoms with Gasteiger partial charge in [-0.05, 0) is 42.5 Å². The molecule has 0 saturated carbocycles. The van der Waals surface area contributed by atoms with Crippen LogP contribution in [-0.2, 0) is 32.3 Å². The van der Waals surface area contributed by atoms with E-state index in [1.165, 1.54) is 11.1 Å². The maximum atomic E-state index is 12.7. The predicted molar refractivity (Wildman–Crippen MR) is 94.2 cm³/mol. The molecule has 6 nitrogen and oxygen atoms in total. The van der Waals surface area contributed by atoms with Crippen molar-refractivity contribution >= 4 is 27.3 Å². The highest BCUT2D eigenvalue weighted by Crippen LogP contribution is 2.31. The van der Waals surface area contributed by atoms with Crippen LogP contribution >= 0.6 is 0 Å².